The summed E-state index contributed by atoms with van der Waals surface area (Å²) in [6.45, 7) is 4.36. The van der Waals surface area contributed by atoms with Gasteiger partial charge in [-0.2, -0.15) is 5.26 Å². The topological polar surface area (TPSA) is 170 Å². The molecule has 1 fully saturated rings. The summed E-state index contributed by atoms with van der Waals surface area (Å²) in [5.74, 6) is -1.87. The van der Waals surface area contributed by atoms with Crippen molar-refractivity contribution in [3.8, 4) is 6.07 Å². The quantitative estimate of drug-likeness (QED) is 0.168. The lowest BCUT2D eigenvalue weighted by Gasteiger charge is -2.30. The molecule has 1 aliphatic heterocycles. The Morgan fingerprint density at radius 3 is 2.38 bits per heavy atom. The molecule has 1 heterocycles. The highest BCUT2D eigenvalue weighted by atomic mass is 16.5. The fraction of sp³-hybridized carbons (Fsp3) is 0.417. The Morgan fingerprint density at radius 1 is 0.957 bits per heavy atom. The number of rotatable bonds is 14. The van der Waals surface area contributed by atoms with Crippen LogP contribution in [-0.4, -0.2) is 59.7 Å². The van der Waals surface area contributed by atoms with Gasteiger partial charge >= 0.3 is 6.09 Å². The van der Waals surface area contributed by atoms with Crippen LogP contribution in [0.3, 0.4) is 0 Å². The first-order chi connectivity index (χ1) is 22.6. The number of nitrogens with zero attached hydrogens (tertiary/aromatic N) is 1. The first-order valence-corrected chi connectivity index (χ1v) is 16.0. The zero-order valence-corrected chi connectivity index (χ0v) is 26.8. The number of amides is 4. The number of alkyl carbamates (subject to hydrolysis) is 1. The molecule has 5 atom stereocenters. The number of piperidine rings is 1. The molecule has 4 rings (SSSR count). The Labute approximate surface area is 275 Å². The van der Waals surface area contributed by atoms with Gasteiger partial charge in [-0.1, -0.05) is 86.6 Å². The zero-order valence-electron chi connectivity index (χ0n) is 26.8. The number of carbonyl (C=O) groups excluding carboxylic acids is 4. The minimum atomic E-state index is -1.55. The van der Waals surface area contributed by atoms with Gasteiger partial charge in [-0.15, -0.1) is 0 Å². The molecule has 3 aromatic rings. The molecule has 11 heteroatoms. The summed E-state index contributed by atoms with van der Waals surface area (Å²) in [7, 11) is 0. The van der Waals surface area contributed by atoms with Gasteiger partial charge in [0.05, 0.1) is 12.1 Å². The van der Waals surface area contributed by atoms with Crippen LogP contribution >= 0.6 is 0 Å². The number of benzene rings is 3. The van der Waals surface area contributed by atoms with Crippen molar-refractivity contribution in [1.82, 2.24) is 21.3 Å². The van der Waals surface area contributed by atoms with Crippen LogP contribution in [0.5, 0.6) is 0 Å². The maximum atomic E-state index is 13.9. The van der Waals surface area contributed by atoms with Gasteiger partial charge in [-0.3, -0.25) is 14.4 Å². The van der Waals surface area contributed by atoms with Crippen LogP contribution in [0.1, 0.15) is 50.7 Å². The molecule has 248 valence electrons. The van der Waals surface area contributed by atoms with Crippen molar-refractivity contribution in [1.29, 1.82) is 5.26 Å². The van der Waals surface area contributed by atoms with Crippen molar-refractivity contribution in [2.75, 3.05) is 6.54 Å². The van der Waals surface area contributed by atoms with E-state index in [1.54, 1.807) is 6.07 Å². The molecule has 0 spiro atoms. The van der Waals surface area contributed by atoms with Crippen LogP contribution in [0.15, 0.2) is 72.8 Å². The van der Waals surface area contributed by atoms with Gasteiger partial charge in [0, 0.05) is 18.9 Å². The van der Waals surface area contributed by atoms with Gasteiger partial charge in [0.1, 0.15) is 18.7 Å². The maximum Gasteiger partial charge on any atom is 0.408 e. The van der Waals surface area contributed by atoms with E-state index in [2.05, 4.69) is 21.3 Å². The van der Waals surface area contributed by atoms with E-state index in [4.69, 9.17) is 4.74 Å². The summed E-state index contributed by atoms with van der Waals surface area (Å²) >= 11 is 0. The average molecular weight is 642 g/mol. The first kappa shape index (κ1) is 34.9. The number of fused-ring (bicyclic) bond motifs is 1. The Bertz CT molecular complexity index is 1570. The molecule has 1 aliphatic rings. The minimum absolute atomic E-state index is 0.00921. The highest BCUT2D eigenvalue weighted by molar-refractivity contribution is 5.93. The second-order valence-electron chi connectivity index (χ2n) is 12.3. The van der Waals surface area contributed by atoms with Crippen molar-refractivity contribution in [3.63, 3.8) is 0 Å². The molecule has 11 nitrogen and oxygen atoms in total. The Hall–Kier alpha value is -4.95. The summed E-state index contributed by atoms with van der Waals surface area (Å²) in [4.78, 5) is 52.9. The maximum absolute atomic E-state index is 13.9. The van der Waals surface area contributed by atoms with Gasteiger partial charge in [0.25, 0.3) is 0 Å². The molecule has 0 radical (unpaired) electrons. The smallest absolute Gasteiger partial charge is 0.408 e. The Kier molecular flexibility index (Phi) is 12.7. The summed E-state index contributed by atoms with van der Waals surface area (Å²) in [5, 5.41) is 32.8. The van der Waals surface area contributed by atoms with Crippen LogP contribution in [-0.2, 0) is 32.1 Å². The van der Waals surface area contributed by atoms with E-state index < -0.39 is 48.1 Å². The predicted molar refractivity (Wildman–Crippen MR) is 176 cm³/mol. The highest BCUT2D eigenvalue weighted by Crippen LogP contribution is 2.21. The molecule has 5 N–H and O–H groups in total. The lowest BCUT2D eigenvalue weighted by Crippen LogP contribution is -2.57. The molecule has 0 aromatic heterocycles. The van der Waals surface area contributed by atoms with Crippen molar-refractivity contribution in [3.05, 3.63) is 83.9 Å². The largest absolute Gasteiger partial charge is 0.445 e. The number of aliphatic hydroxyl groups is 1. The van der Waals surface area contributed by atoms with Gasteiger partial charge in [-0.25, -0.2) is 4.79 Å². The second kappa shape index (κ2) is 17.1. The van der Waals surface area contributed by atoms with Crippen molar-refractivity contribution in [2.24, 2.45) is 11.8 Å². The number of hydrogen-bond donors (Lipinski definition) is 5. The van der Waals surface area contributed by atoms with E-state index in [1.165, 1.54) is 0 Å². The van der Waals surface area contributed by atoms with E-state index in [-0.39, 0.29) is 37.7 Å². The molecule has 0 aliphatic carbocycles. The first-order valence-electron chi connectivity index (χ1n) is 16.0. The summed E-state index contributed by atoms with van der Waals surface area (Å²) in [6, 6.07) is 21.2. The second-order valence-corrected chi connectivity index (χ2v) is 12.3. The van der Waals surface area contributed by atoms with Crippen molar-refractivity contribution >= 4 is 34.6 Å². The number of nitriles is 1. The Balaban J connectivity index is 1.53. The van der Waals surface area contributed by atoms with Crippen LogP contribution in [0.2, 0.25) is 0 Å². The van der Waals surface area contributed by atoms with Crippen LogP contribution in [0, 0.1) is 23.2 Å². The van der Waals surface area contributed by atoms with Crippen molar-refractivity contribution in [2.45, 2.75) is 76.8 Å². The zero-order chi connectivity index (χ0) is 33.8. The highest BCUT2D eigenvalue weighted by Gasteiger charge is 2.33. The molecule has 4 amide bonds. The molecule has 0 saturated carbocycles. The normalized spacial score (nSPS) is 17.0. The fourth-order valence-electron chi connectivity index (χ4n) is 5.79. The lowest BCUT2D eigenvalue weighted by atomic mass is 9.89. The van der Waals surface area contributed by atoms with Crippen LogP contribution in [0.4, 0.5) is 4.79 Å². The third kappa shape index (κ3) is 10.3. The standard InChI is InChI=1S/C36H43N5O6/c1-23(2)18-30(34(44)39-29(32(42)21-37)20-27-15-9-17-38-33(27)43)40-35(45)31(41-36(46)47-22-24-10-4-3-5-11-24)19-26-14-8-13-25-12-6-7-16-28(25)26/h3-8,10-14,16,23,27,29-32,42H,9,15,17-20,22H2,1-2H3,(H,38,43)(H,39,44)(H,40,45)(H,41,46)/t27-,29-,30-,31?,32?/m0/s1. The van der Waals surface area contributed by atoms with E-state index in [1.807, 2.05) is 86.6 Å². The molecule has 47 heavy (non-hydrogen) atoms. The number of nitrogens with one attached hydrogen (secondary N) is 4. The average Bonchev–Trinajstić information content (AvgIpc) is 3.07. The molecular formula is C36H43N5O6. The summed E-state index contributed by atoms with van der Waals surface area (Å²) in [6.07, 6.45) is -0.569. The van der Waals surface area contributed by atoms with Gasteiger partial charge in [0.2, 0.25) is 17.7 Å². The number of ether oxygens (including phenoxy) is 1. The Morgan fingerprint density at radius 2 is 1.66 bits per heavy atom. The molecule has 2 unspecified atom stereocenters. The monoisotopic (exact) mass is 641 g/mol. The van der Waals surface area contributed by atoms with Crippen LogP contribution < -0.4 is 21.3 Å². The van der Waals surface area contributed by atoms with E-state index >= 15 is 0 Å². The molecular weight excluding hydrogens is 598 g/mol. The summed E-state index contributed by atoms with van der Waals surface area (Å²) < 4.78 is 5.42. The number of carbonyl (C=O) groups is 4. The predicted octanol–water partition coefficient (Wildman–Crippen LogP) is 3.49. The van der Waals surface area contributed by atoms with E-state index in [0.717, 1.165) is 28.3 Å². The molecule has 3 aromatic carbocycles. The number of aliphatic hydroxyl groups excluding tert-OH is 1. The van der Waals surface area contributed by atoms with Crippen molar-refractivity contribution < 1.29 is 29.0 Å². The third-order valence-corrected chi connectivity index (χ3v) is 8.24. The fourth-order valence-corrected chi connectivity index (χ4v) is 5.79. The lowest BCUT2D eigenvalue weighted by molar-refractivity contribution is -0.131. The third-order valence-electron chi connectivity index (χ3n) is 8.24. The molecule has 0 bridgehead atoms. The van der Waals surface area contributed by atoms with Gasteiger partial charge in [-0.05, 0) is 53.5 Å². The minimum Gasteiger partial charge on any atom is -0.445 e. The van der Waals surface area contributed by atoms with Gasteiger partial charge in [0.15, 0.2) is 6.10 Å². The molecule has 1 saturated heterocycles. The SMILES string of the molecule is CC(C)C[C@H](NC(=O)C(Cc1cccc2ccccc12)NC(=O)OCc1ccccc1)C(=O)N[C@@H](C[C@@H]1CCCNC1=O)C(O)C#N. The van der Waals surface area contributed by atoms with Crippen LogP contribution in [0.25, 0.3) is 10.8 Å². The van der Waals surface area contributed by atoms with E-state index in [0.29, 0.717) is 13.0 Å². The summed E-state index contributed by atoms with van der Waals surface area (Å²) in [5.41, 5.74) is 1.60. The van der Waals surface area contributed by atoms with Gasteiger partial charge < -0.3 is 31.1 Å². The number of hydrogen-bond acceptors (Lipinski definition) is 7. The van der Waals surface area contributed by atoms with E-state index in [9.17, 15) is 29.5 Å².